The number of ether oxygens (including phenoxy) is 3. The van der Waals surface area contributed by atoms with Crippen LogP contribution in [0, 0.1) is 0 Å². The summed E-state index contributed by atoms with van der Waals surface area (Å²) in [6.45, 7) is 1.45. The zero-order chi connectivity index (χ0) is 19.3. The van der Waals surface area contributed by atoms with Gasteiger partial charge in [0, 0.05) is 6.54 Å². The van der Waals surface area contributed by atoms with E-state index < -0.39 is 17.6 Å². The number of benzene rings is 1. The van der Waals surface area contributed by atoms with Gasteiger partial charge in [-0.15, -0.1) is 0 Å². The number of carbonyl (C=O) groups is 1. The highest BCUT2D eigenvalue weighted by Gasteiger charge is 2.30. The maximum atomic E-state index is 12.7. The number of nitrogens with zero attached hydrogens (tertiary/aromatic N) is 1. The highest BCUT2D eigenvalue weighted by atomic mass is 19.4. The molecule has 0 aliphatic carbocycles. The number of alkyl halides is 3. The van der Waals surface area contributed by atoms with Crippen LogP contribution in [0.2, 0.25) is 0 Å². The molecule has 1 saturated heterocycles. The Morgan fingerprint density at radius 3 is 2.93 bits per heavy atom. The van der Waals surface area contributed by atoms with Crippen LogP contribution in [0.25, 0.3) is 0 Å². The number of oxazole rings is 1. The van der Waals surface area contributed by atoms with Gasteiger partial charge in [-0.1, -0.05) is 6.07 Å². The molecule has 1 aromatic carbocycles. The lowest BCUT2D eigenvalue weighted by molar-refractivity contribution is -0.137. The molecule has 2 aromatic rings. The van der Waals surface area contributed by atoms with Crippen LogP contribution >= 0.6 is 0 Å². The first-order valence-electron chi connectivity index (χ1n) is 8.14. The number of nitrogens with one attached hydrogen (secondary N) is 1. The predicted octanol–water partition coefficient (Wildman–Crippen LogP) is 2.42. The van der Waals surface area contributed by atoms with Crippen molar-refractivity contribution in [1.29, 1.82) is 0 Å². The quantitative estimate of drug-likeness (QED) is 0.821. The van der Waals surface area contributed by atoms with E-state index in [1.165, 1.54) is 12.1 Å². The fourth-order valence-corrected chi connectivity index (χ4v) is 2.34. The highest BCUT2D eigenvalue weighted by molar-refractivity contribution is 5.91. The van der Waals surface area contributed by atoms with Crippen LogP contribution in [0.5, 0.6) is 5.75 Å². The largest absolute Gasteiger partial charge is 0.484 e. The number of hydrogen-bond acceptors (Lipinski definition) is 6. The third kappa shape index (κ3) is 5.44. The third-order valence-corrected chi connectivity index (χ3v) is 3.68. The summed E-state index contributed by atoms with van der Waals surface area (Å²) in [6, 6.07) is 4.45. The van der Waals surface area contributed by atoms with Crippen LogP contribution < -0.4 is 10.1 Å². The fourth-order valence-electron chi connectivity index (χ4n) is 2.34. The Bertz CT molecular complexity index is 772. The number of hydrogen-bond donors (Lipinski definition) is 1. The van der Waals surface area contributed by atoms with Crippen molar-refractivity contribution in [3.8, 4) is 5.75 Å². The highest BCUT2D eigenvalue weighted by Crippen LogP contribution is 2.31. The number of halogens is 3. The normalized spacial score (nSPS) is 17.5. The van der Waals surface area contributed by atoms with Gasteiger partial charge >= 0.3 is 6.18 Å². The molecule has 1 N–H and O–H groups in total. The summed E-state index contributed by atoms with van der Waals surface area (Å²) in [7, 11) is 0. The molecule has 1 fully saturated rings. The van der Waals surface area contributed by atoms with Gasteiger partial charge in [0.1, 0.15) is 12.0 Å². The molecule has 1 aromatic heterocycles. The van der Waals surface area contributed by atoms with Crippen molar-refractivity contribution in [2.45, 2.75) is 18.9 Å². The average Bonchev–Trinajstić information content (AvgIpc) is 3.14. The van der Waals surface area contributed by atoms with Crippen molar-refractivity contribution in [2.75, 3.05) is 26.4 Å². The average molecular weight is 386 g/mol. The maximum absolute atomic E-state index is 12.7. The molecule has 0 unspecified atom stereocenters. The van der Waals surface area contributed by atoms with E-state index in [1.54, 1.807) is 0 Å². The Hall–Kier alpha value is -2.59. The molecule has 146 valence electrons. The Kier molecular flexibility index (Phi) is 5.97. The summed E-state index contributed by atoms with van der Waals surface area (Å²) >= 11 is 0. The molecular formula is C17H17F3N2O5. The first kappa shape index (κ1) is 19.2. The molecule has 0 spiro atoms. The molecule has 27 heavy (non-hydrogen) atoms. The summed E-state index contributed by atoms with van der Waals surface area (Å²) in [6.07, 6.45) is -3.53. The van der Waals surface area contributed by atoms with Gasteiger partial charge in [-0.05, 0) is 18.2 Å². The van der Waals surface area contributed by atoms with Gasteiger partial charge in [-0.2, -0.15) is 13.2 Å². The summed E-state index contributed by atoms with van der Waals surface area (Å²) in [5.74, 6) is -0.378. The van der Waals surface area contributed by atoms with E-state index in [4.69, 9.17) is 18.6 Å². The molecule has 1 aliphatic heterocycles. The van der Waals surface area contributed by atoms with E-state index in [0.717, 1.165) is 18.4 Å². The first-order chi connectivity index (χ1) is 12.9. The van der Waals surface area contributed by atoms with Crippen LogP contribution in [0.1, 0.15) is 21.9 Å². The number of amides is 1. The lowest BCUT2D eigenvalue weighted by atomic mass is 10.2. The molecule has 2 heterocycles. The molecule has 1 atom stereocenters. The molecule has 1 aliphatic rings. The van der Waals surface area contributed by atoms with Gasteiger partial charge in [0.2, 0.25) is 5.89 Å². The van der Waals surface area contributed by atoms with Gasteiger partial charge in [0.25, 0.3) is 5.91 Å². The van der Waals surface area contributed by atoms with Crippen molar-refractivity contribution >= 4 is 5.91 Å². The Morgan fingerprint density at radius 2 is 2.19 bits per heavy atom. The van der Waals surface area contributed by atoms with Crippen molar-refractivity contribution in [2.24, 2.45) is 0 Å². The fraction of sp³-hybridized carbons (Fsp3) is 0.412. The topological polar surface area (TPSA) is 82.8 Å². The number of aromatic nitrogens is 1. The smallest absolute Gasteiger partial charge is 0.416 e. The molecule has 3 rings (SSSR count). The van der Waals surface area contributed by atoms with Gasteiger partial charge in [0.15, 0.2) is 12.3 Å². The second-order valence-electron chi connectivity index (χ2n) is 5.72. The van der Waals surface area contributed by atoms with E-state index in [0.29, 0.717) is 19.8 Å². The lowest BCUT2D eigenvalue weighted by Gasteiger charge is -2.22. The molecule has 0 saturated carbocycles. The summed E-state index contributed by atoms with van der Waals surface area (Å²) in [4.78, 5) is 16.0. The summed E-state index contributed by atoms with van der Waals surface area (Å²) in [5, 5.41) is 2.65. The van der Waals surface area contributed by atoms with Crippen LogP contribution in [0.3, 0.4) is 0 Å². The number of rotatable bonds is 6. The van der Waals surface area contributed by atoms with E-state index >= 15 is 0 Å². The van der Waals surface area contributed by atoms with Crippen LogP contribution in [-0.4, -0.2) is 43.4 Å². The third-order valence-electron chi connectivity index (χ3n) is 3.68. The zero-order valence-electron chi connectivity index (χ0n) is 14.1. The minimum absolute atomic E-state index is 0.0171. The maximum Gasteiger partial charge on any atom is 0.416 e. The second-order valence-corrected chi connectivity index (χ2v) is 5.72. The predicted molar refractivity (Wildman–Crippen MR) is 85.2 cm³/mol. The van der Waals surface area contributed by atoms with Crippen molar-refractivity contribution in [3.05, 3.63) is 47.7 Å². The Labute approximate surface area is 152 Å². The lowest BCUT2D eigenvalue weighted by Crippen LogP contribution is -2.39. The van der Waals surface area contributed by atoms with Gasteiger partial charge in [-0.25, -0.2) is 4.98 Å². The van der Waals surface area contributed by atoms with E-state index in [2.05, 4.69) is 10.3 Å². The van der Waals surface area contributed by atoms with Gasteiger partial charge in [-0.3, -0.25) is 4.79 Å². The van der Waals surface area contributed by atoms with E-state index in [9.17, 15) is 18.0 Å². The second kappa shape index (κ2) is 8.40. The van der Waals surface area contributed by atoms with Crippen molar-refractivity contribution in [3.63, 3.8) is 0 Å². The molecule has 0 radical (unpaired) electrons. The minimum Gasteiger partial charge on any atom is -0.484 e. The van der Waals surface area contributed by atoms with E-state index in [1.807, 2.05) is 0 Å². The number of carbonyl (C=O) groups excluding carboxylic acids is 1. The monoisotopic (exact) mass is 386 g/mol. The molecule has 7 nitrogen and oxygen atoms in total. The van der Waals surface area contributed by atoms with Gasteiger partial charge in [0.05, 0.1) is 31.5 Å². The summed E-state index contributed by atoms with van der Waals surface area (Å²) in [5.41, 5.74) is -0.782. The SMILES string of the molecule is O=C(NC[C@H]1COCCO1)c1coc(COc2cccc(C(F)(F)F)c2)n1. The molecule has 0 bridgehead atoms. The van der Waals surface area contributed by atoms with Gasteiger partial charge < -0.3 is 23.9 Å². The molecule has 10 heteroatoms. The van der Waals surface area contributed by atoms with Crippen molar-refractivity contribution in [1.82, 2.24) is 10.3 Å². The molecule has 1 amide bonds. The van der Waals surface area contributed by atoms with Crippen molar-refractivity contribution < 1.29 is 36.6 Å². The Balaban J connectivity index is 1.51. The molecular weight excluding hydrogens is 369 g/mol. The van der Waals surface area contributed by atoms with E-state index in [-0.39, 0.29) is 36.6 Å². The Morgan fingerprint density at radius 1 is 1.33 bits per heavy atom. The van der Waals surface area contributed by atoms with Crippen LogP contribution in [0.4, 0.5) is 13.2 Å². The van der Waals surface area contributed by atoms with Crippen LogP contribution in [-0.2, 0) is 22.3 Å². The summed E-state index contributed by atoms with van der Waals surface area (Å²) < 4.78 is 59.1. The standard InChI is InChI=1S/C17H17F3N2O5/c18-17(19,20)11-2-1-3-12(6-11)26-10-15-22-14(9-27-15)16(23)21-7-13-8-24-4-5-25-13/h1-3,6,9,13H,4-5,7-8,10H2,(H,21,23)/t13-/m0/s1. The van der Waals surface area contributed by atoms with Crippen LogP contribution in [0.15, 0.2) is 34.9 Å². The first-order valence-corrected chi connectivity index (χ1v) is 8.14. The minimum atomic E-state index is -4.46. The zero-order valence-corrected chi connectivity index (χ0v) is 14.1.